The monoisotopic (exact) mass is 367 g/mol. The van der Waals surface area contributed by atoms with E-state index in [1.807, 2.05) is 30.3 Å². The molecule has 0 unspecified atom stereocenters. The lowest BCUT2D eigenvalue weighted by molar-refractivity contribution is -0.142. The Morgan fingerprint density at radius 1 is 1.08 bits per heavy atom. The van der Waals surface area contributed by atoms with E-state index in [4.69, 9.17) is 5.11 Å². The van der Waals surface area contributed by atoms with Crippen molar-refractivity contribution in [3.63, 3.8) is 0 Å². The summed E-state index contributed by atoms with van der Waals surface area (Å²) in [6, 6.07) is 9.52. The number of sulfone groups is 1. The molecule has 2 rings (SSSR count). The highest BCUT2D eigenvalue weighted by Crippen LogP contribution is 2.24. The first-order chi connectivity index (χ1) is 11.9. The van der Waals surface area contributed by atoms with Crippen molar-refractivity contribution >= 4 is 21.7 Å². The van der Waals surface area contributed by atoms with E-state index >= 15 is 0 Å². The van der Waals surface area contributed by atoms with E-state index < -0.39 is 27.5 Å². The molecule has 1 aliphatic rings. The third kappa shape index (κ3) is 6.86. The number of nitrogens with one attached hydrogen (secondary N) is 1. The van der Waals surface area contributed by atoms with Gasteiger partial charge in [0.2, 0.25) is 5.91 Å². The van der Waals surface area contributed by atoms with Gasteiger partial charge >= 0.3 is 5.97 Å². The Bertz CT molecular complexity index is 679. The summed E-state index contributed by atoms with van der Waals surface area (Å²) in [6.45, 7) is 0. The van der Waals surface area contributed by atoms with Gasteiger partial charge in [-0.05, 0) is 44.1 Å². The fourth-order valence-electron chi connectivity index (χ4n) is 3.17. The zero-order valence-electron chi connectivity index (χ0n) is 14.2. The van der Waals surface area contributed by atoms with Crippen LogP contribution >= 0.6 is 0 Å². The second kappa shape index (κ2) is 8.99. The summed E-state index contributed by atoms with van der Waals surface area (Å²) in [7, 11) is -3.43. The van der Waals surface area contributed by atoms with Gasteiger partial charge in [0.1, 0.15) is 5.75 Å². The lowest BCUT2D eigenvalue weighted by Gasteiger charge is -2.26. The van der Waals surface area contributed by atoms with Gasteiger partial charge in [0, 0.05) is 6.04 Å². The van der Waals surface area contributed by atoms with E-state index in [2.05, 4.69) is 5.32 Å². The molecule has 2 N–H and O–H groups in total. The van der Waals surface area contributed by atoms with Crippen molar-refractivity contribution in [2.24, 2.45) is 5.92 Å². The minimum Gasteiger partial charge on any atom is -0.481 e. The van der Waals surface area contributed by atoms with Crippen LogP contribution in [0.5, 0.6) is 0 Å². The Balaban J connectivity index is 1.71. The predicted octanol–water partition coefficient (Wildman–Crippen LogP) is 1.79. The second-order valence-corrected chi connectivity index (χ2v) is 8.82. The Hall–Kier alpha value is -1.89. The van der Waals surface area contributed by atoms with Crippen molar-refractivity contribution in [3.8, 4) is 0 Å². The fourth-order valence-corrected chi connectivity index (χ4v) is 4.38. The number of amides is 1. The zero-order valence-corrected chi connectivity index (χ0v) is 15.0. The lowest BCUT2D eigenvalue weighted by atomic mass is 9.86. The van der Waals surface area contributed by atoms with Crippen LogP contribution in [-0.2, 0) is 25.8 Å². The van der Waals surface area contributed by atoms with Crippen molar-refractivity contribution in [2.75, 3.05) is 11.5 Å². The Morgan fingerprint density at radius 2 is 1.72 bits per heavy atom. The van der Waals surface area contributed by atoms with Crippen molar-refractivity contribution < 1.29 is 23.1 Å². The minimum absolute atomic E-state index is 0.0128. The molecule has 1 fully saturated rings. The van der Waals surface area contributed by atoms with E-state index in [9.17, 15) is 18.0 Å². The van der Waals surface area contributed by atoms with Gasteiger partial charge in [0.25, 0.3) is 0 Å². The summed E-state index contributed by atoms with van der Waals surface area (Å²) in [5.41, 5.74) is 1.08. The fraction of sp³-hybridized carbons (Fsp3) is 0.556. The van der Waals surface area contributed by atoms with Crippen LogP contribution in [0.4, 0.5) is 0 Å². The molecule has 0 aliphatic heterocycles. The molecule has 1 saturated carbocycles. The van der Waals surface area contributed by atoms with Crippen LogP contribution < -0.4 is 5.32 Å². The summed E-state index contributed by atoms with van der Waals surface area (Å²) >= 11 is 0. The number of aryl methyl sites for hydroxylation is 1. The highest BCUT2D eigenvalue weighted by atomic mass is 32.2. The third-order valence-corrected chi connectivity index (χ3v) is 6.17. The summed E-state index contributed by atoms with van der Waals surface area (Å²) in [5, 5.41) is 11.7. The molecule has 1 amide bonds. The topological polar surface area (TPSA) is 101 Å². The van der Waals surface area contributed by atoms with Crippen LogP contribution in [0.2, 0.25) is 0 Å². The van der Waals surface area contributed by atoms with Crippen LogP contribution in [0.25, 0.3) is 0 Å². The van der Waals surface area contributed by atoms with Crippen molar-refractivity contribution in [3.05, 3.63) is 35.9 Å². The first-order valence-corrected chi connectivity index (χ1v) is 10.4. The predicted molar refractivity (Wildman–Crippen MR) is 94.9 cm³/mol. The molecule has 0 atom stereocenters. The molecule has 25 heavy (non-hydrogen) atoms. The summed E-state index contributed by atoms with van der Waals surface area (Å²) in [6.07, 6.45) is 3.35. The van der Waals surface area contributed by atoms with Crippen LogP contribution in [0.3, 0.4) is 0 Å². The summed E-state index contributed by atoms with van der Waals surface area (Å²) < 4.78 is 24.2. The summed E-state index contributed by atoms with van der Waals surface area (Å²) in [4.78, 5) is 22.9. The molecule has 0 bridgehead atoms. The van der Waals surface area contributed by atoms with Crippen LogP contribution in [0.15, 0.2) is 30.3 Å². The van der Waals surface area contributed by atoms with Gasteiger partial charge < -0.3 is 10.4 Å². The van der Waals surface area contributed by atoms with E-state index in [1.165, 1.54) is 0 Å². The smallest absolute Gasteiger partial charge is 0.306 e. The largest absolute Gasteiger partial charge is 0.481 e. The number of hydrogen-bond acceptors (Lipinski definition) is 4. The van der Waals surface area contributed by atoms with Crippen molar-refractivity contribution in [1.29, 1.82) is 0 Å². The number of carboxylic acids is 1. The molecule has 0 aromatic heterocycles. The normalized spacial score (nSPS) is 20.8. The van der Waals surface area contributed by atoms with Gasteiger partial charge in [-0.2, -0.15) is 0 Å². The number of rotatable bonds is 8. The van der Waals surface area contributed by atoms with Gasteiger partial charge in [-0.25, -0.2) is 8.42 Å². The highest BCUT2D eigenvalue weighted by Gasteiger charge is 2.27. The SMILES string of the molecule is O=C(CS(=O)(=O)CCCc1ccccc1)NC1CCC(C(=O)O)CC1. The lowest BCUT2D eigenvalue weighted by Crippen LogP contribution is -2.41. The molecule has 1 aliphatic carbocycles. The quantitative estimate of drug-likeness (QED) is 0.730. The number of hydrogen-bond donors (Lipinski definition) is 2. The molecule has 138 valence electrons. The average molecular weight is 367 g/mol. The van der Waals surface area contributed by atoms with E-state index in [-0.39, 0.29) is 17.7 Å². The molecular weight excluding hydrogens is 342 g/mol. The maximum atomic E-state index is 12.1. The number of carbonyl (C=O) groups is 2. The van der Waals surface area contributed by atoms with Crippen molar-refractivity contribution in [2.45, 2.75) is 44.6 Å². The highest BCUT2D eigenvalue weighted by molar-refractivity contribution is 7.92. The van der Waals surface area contributed by atoms with Gasteiger partial charge in [0.15, 0.2) is 9.84 Å². The molecule has 0 saturated heterocycles. The van der Waals surface area contributed by atoms with Crippen molar-refractivity contribution in [1.82, 2.24) is 5.32 Å². The van der Waals surface area contributed by atoms with Crippen LogP contribution in [-0.4, -0.2) is 42.9 Å². The maximum absolute atomic E-state index is 12.1. The van der Waals surface area contributed by atoms with E-state index in [0.29, 0.717) is 38.5 Å². The molecular formula is C18H25NO5S. The van der Waals surface area contributed by atoms with E-state index in [1.54, 1.807) is 0 Å². The summed E-state index contributed by atoms with van der Waals surface area (Å²) in [5.74, 6) is -2.15. The standard InChI is InChI=1S/C18H25NO5S/c20-17(19-16-10-8-15(9-11-16)18(21)22)13-25(23,24)12-4-7-14-5-2-1-3-6-14/h1-3,5-6,15-16H,4,7-13H2,(H,19,20)(H,21,22). The number of aliphatic carboxylic acids is 1. The molecule has 1 aromatic rings. The third-order valence-electron chi connectivity index (χ3n) is 4.56. The van der Waals surface area contributed by atoms with Gasteiger partial charge in [0.05, 0.1) is 11.7 Å². The molecule has 0 heterocycles. The minimum atomic E-state index is -3.43. The molecule has 6 nitrogen and oxygen atoms in total. The Labute approximate surface area is 148 Å². The molecule has 1 aromatic carbocycles. The van der Waals surface area contributed by atoms with Gasteiger partial charge in [-0.1, -0.05) is 30.3 Å². The molecule has 7 heteroatoms. The van der Waals surface area contributed by atoms with Crippen LogP contribution in [0.1, 0.15) is 37.7 Å². The molecule has 0 radical (unpaired) electrons. The first kappa shape index (κ1) is 19.4. The number of carboxylic acid groups (broad SMARTS) is 1. The van der Waals surface area contributed by atoms with Gasteiger partial charge in [-0.3, -0.25) is 9.59 Å². The average Bonchev–Trinajstić information content (AvgIpc) is 2.55. The first-order valence-electron chi connectivity index (χ1n) is 8.62. The second-order valence-electron chi connectivity index (χ2n) is 6.64. The zero-order chi connectivity index (χ0) is 18.3. The molecule has 0 spiro atoms. The maximum Gasteiger partial charge on any atom is 0.306 e. The Morgan fingerprint density at radius 3 is 2.32 bits per heavy atom. The Kier molecular flexibility index (Phi) is 6.99. The number of carbonyl (C=O) groups excluding carboxylic acids is 1. The van der Waals surface area contributed by atoms with Gasteiger partial charge in [-0.15, -0.1) is 0 Å². The van der Waals surface area contributed by atoms with E-state index in [0.717, 1.165) is 5.56 Å². The number of benzene rings is 1. The van der Waals surface area contributed by atoms with Crippen LogP contribution in [0, 0.1) is 5.92 Å².